The highest BCUT2D eigenvalue weighted by atomic mass is 35.5. The molecule has 10 nitrogen and oxygen atoms in total. The quantitative estimate of drug-likeness (QED) is 0.321. The summed E-state index contributed by atoms with van der Waals surface area (Å²) in [7, 11) is 2.48. The number of aliphatic hydroxyl groups is 1. The van der Waals surface area contributed by atoms with Crippen LogP contribution in [0.25, 0.3) is 5.65 Å². The topological polar surface area (TPSA) is 128 Å². The largest absolute Gasteiger partial charge is 0.465 e. The van der Waals surface area contributed by atoms with Crippen LogP contribution in [0.4, 0.5) is 5.82 Å². The second kappa shape index (κ2) is 11.2. The first-order valence-electron chi connectivity index (χ1n) is 8.08. The number of nitrogens with zero attached hydrogens (tertiary/aromatic N) is 5. The molecular weight excluding hydrogens is 496 g/mol. The van der Waals surface area contributed by atoms with Crippen LogP contribution in [0, 0.1) is 0 Å². The lowest BCUT2D eigenvalue weighted by Crippen LogP contribution is -2.06. The van der Waals surface area contributed by atoms with Crippen LogP contribution in [0.2, 0.25) is 20.4 Å². The highest BCUT2D eigenvalue weighted by molar-refractivity contribution is 6.37. The molecule has 3 aromatic heterocycles. The molecule has 0 amide bonds. The summed E-state index contributed by atoms with van der Waals surface area (Å²) in [6, 6.07) is 2.73. The maximum absolute atomic E-state index is 11.4. The van der Waals surface area contributed by atoms with Crippen LogP contribution in [0.15, 0.2) is 23.5 Å². The molecule has 0 saturated carbocycles. The van der Waals surface area contributed by atoms with Gasteiger partial charge < -0.3 is 14.6 Å². The number of aromatic nitrogens is 4. The molecule has 0 spiro atoms. The lowest BCUT2D eigenvalue weighted by molar-refractivity contribution is 0.0593. The maximum atomic E-state index is 11.4. The number of carbonyl (C=O) groups excluding carboxylic acids is 2. The van der Waals surface area contributed by atoms with E-state index in [9.17, 15) is 9.59 Å². The Balaban J connectivity index is 0.000000220. The van der Waals surface area contributed by atoms with Crippen LogP contribution in [0.5, 0.6) is 0 Å². The fourth-order valence-corrected chi connectivity index (χ4v) is 3.25. The minimum atomic E-state index is -0.667. The Labute approximate surface area is 195 Å². The van der Waals surface area contributed by atoms with Gasteiger partial charge in [-0.1, -0.05) is 46.4 Å². The molecular formula is C17H13Cl4N5O5. The molecule has 0 fully saturated rings. The molecule has 0 aliphatic rings. The minimum absolute atomic E-state index is 0.0123. The summed E-state index contributed by atoms with van der Waals surface area (Å²) < 4.78 is 10.4. The fourth-order valence-electron chi connectivity index (χ4n) is 2.19. The van der Waals surface area contributed by atoms with E-state index in [2.05, 4.69) is 29.5 Å². The van der Waals surface area contributed by atoms with Crippen molar-refractivity contribution in [2.75, 3.05) is 20.8 Å². The number of rotatable bonds is 4. The van der Waals surface area contributed by atoms with Gasteiger partial charge in [0.1, 0.15) is 27.8 Å². The molecule has 0 bridgehead atoms. The van der Waals surface area contributed by atoms with Crippen molar-refractivity contribution < 1.29 is 24.2 Å². The van der Waals surface area contributed by atoms with Crippen molar-refractivity contribution >= 4 is 76.0 Å². The van der Waals surface area contributed by atoms with Crippen LogP contribution < -0.4 is 0 Å². The average Bonchev–Trinajstić information content (AvgIpc) is 3.21. The summed E-state index contributed by atoms with van der Waals surface area (Å²) in [5, 5.41) is 13.1. The van der Waals surface area contributed by atoms with Crippen molar-refractivity contribution in [3.05, 3.63) is 49.9 Å². The van der Waals surface area contributed by atoms with E-state index in [0.29, 0.717) is 0 Å². The predicted molar refractivity (Wildman–Crippen MR) is 115 cm³/mol. The van der Waals surface area contributed by atoms with Gasteiger partial charge in [0.2, 0.25) is 0 Å². The number of fused-ring (bicyclic) bond motifs is 1. The van der Waals surface area contributed by atoms with Crippen molar-refractivity contribution in [1.29, 1.82) is 0 Å². The molecule has 0 unspecified atom stereocenters. The van der Waals surface area contributed by atoms with Crippen molar-refractivity contribution in [2.45, 2.75) is 0 Å². The van der Waals surface area contributed by atoms with E-state index < -0.39 is 11.9 Å². The summed E-state index contributed by atoms with van der Waals surface area (Å²) in [4.78, 5) is 34.3. The van der Waals surface area contributed by atoms with Crippen molar-refractivity contribution in [3.8, 4) is 0 Å². The molecule has 0 radical (unpaired) electrons. The first-order chi connectivity index (χ1) is 14.7. The molecule has 14 heteroatoms. The molecule has 0 saturated heterocycles. The van der Waals surface area contributed by atoms with Gasteiger partial charge in [0.15, 0.2) is 11.5 Å². The number of ether oxygens (including phenoxy) is 2. The zero-order chi connectivity index (χ0) is 23.1. The molecule has 0 atom stereocenters. The Bertz CT molecular complexity index is 1150. The molecule has 31 heavy (non-hydrogen) atoms. The summed E-state index contributed by atoms with van der Waals surface area (Å²) in [6.45, 7) is -0.285. The Morgan fingerprint density at radius 2 is 1.71 bits per heavy atom. The van der Waals surface area contributed by atoms with E-state index in [4.69, 9.17) is 51.5 Å². The van der Waals surface area contributed by atoms with Gasteiger partial charge in [-0.2, -0.15) is 5.10 Å². The van der Waals surface area contributed by atoms with Crippen molar-refractivity contribution in [1.82, 2.24) is 19.6 Å². The number of methoxy groups -OCH3 is 2. The van der Waals surface area contributed by atoms with Crippen LogP contribution in [0.3, 0.4) is 0 Å². The SMILES string of the molecule is COC(=O)c1c(Cl)cc(Cl)n2ncnc12.COC(=O)c1c(Cl)cc(Cl)nc1N=CCO. The first kappa shape index (κ1) is 24.8. The van der Waals surface area contributed by atoms with E-state index in [0.717, 1.165) is 0 Å². The van der Waals surface area contributed by atoms with Crippen LogP contribution in [-0.4, -0.2) is 63.7 Å². The van der Waals surface area contributed by atoms with E-state index in [1.54, 1.807) is 0 Å². The smallest absolute Gasteiger partial charge is 0.343 e. The molecule has 164 valence electrons. The van der Waals surface area contributed by atoms with Gasteiger partial charge in [-0.25, -0.2) is 29.1 Å². The number of hydrogen-bond donors (Lipinski definition) is 1. The predicted octanol–water partition coefficient (Wildman–Crippen LogP) is 3.69. The molecule has 0 aliphatic heterocycles. The summed E-state index contributed by atoms with van der Waals surface area (Å²) in [5.41, 5.74) is 0.443. The van der Waals surface area contributed by atoms with Gasteiger partial charge in [0.05, 0.1) is 30.9 Å². The molecule has 3 heterocycles. The molecule has 0 aromatic carbocycles. The van der Waals surface area contributed by atoms with E-state index in [1.165, 1.54) is 43.4 Å². The van der Waals surface area contributed by atoms with E-state index >= 15 is 0 Å². The fraction of sp³-hybridized carbons (Fsp3) is 0.176. The van der Waals surface area contributed by atoms with Gasteiger partial charge in [0.25, 0.3) is 0 Å². The van der Waals surface area contributed by atoms with Gasteiger partial charge in [-0.15, -0.1) is 0 Å². The van der Waals surface area contributed by atoms with Gasteiger partial charge in [0, 0.05) is 6.21 Å². The number of hydrogen-bond acceptors (Lipinski definition) is 9. The number of aliphatic hydroxyl groups excluding tert-OH is 1. The number of esters is 2. The van der Waals surface area contributed by atoms with Gasteiger partial charge >= 0.3 is 11.9 Å². The summed E-state index contributed by atoms with van der Waals surface area (Å²) in [6.07, 6.45) is 2.45. The van der Waals surface area contributed by atoms with Gasteiger partial charge in [-0.3, -0.25) is 0 Å². The second-order valence-corrected chi connectivity index (χ2v) is 6.88. The third-order valence-electron chi connectivity index (χ3n) is 3.45. The van der Waals surface area contributed by atoms with Crippen LogP contribution >= 0.6 is 46.4 Å². The Kier molecular flexibility index (Phi) is 8.96. The molecule has 1 N–H and O–H groups in total. The highest BCUT2D eigenvalue weighted by Crippen LogP contribution is 2.28. The molecule has 3 aromatic rings. The maximum Gasteiger partial charge on any atom is 0.343 e. The zero-order valence-corrected chi connectivity index (χ0v) is 18.9. The monoisotopic (exact) mass is 507 g/mol. The molecule has 3 rings (SSSR count). The number of halogens is 4. The van der Waals surface area contributed by atoms with Gasteiger partial charge in [-0.05, 0) is 12.1 Å². The summed E-state index contributed by atoms with van der Waals surface area (Å²) >= 11 is 23.2. The first-order valence-corrected chi connectivity index (χ1v) is 9.60. The lowest BCUT2D eigenvalue weighted by Gasteiger charge is -2.05. The Morgan fingerprint density at radius 3 is 2.32 bits per heavy atom. The summed E-state index contributed by atoms with van der Waals surface area (Å²) in [5.74, 6) is -1.23. The Morgan fingerprint density at radius 1 is 1.10 bits per heavy atom. The molecule has 0 aliphatic carbocycles. The van der Waals surface area contributed by atoms with E-state index in [1.807, 2.05) is 0 Å². The highest BCUT2D eigenvalue weighted by Gasteiger charge is 2.19. The van der Waals surface area contributed by atoms with Crippen molar-refractivity contribution in [3.63, 3.8) is 0 Å². The van der Waals surface area contributed by atoms with E-state index in [-0.39, 0.29) is 49.6 Å². The lowest BCUT2D eigenvalue weighted by atomic mass is 10.2. The van der Waals surface area contributed by atoms with Crippen LogP contribution in [0.1, 0.15) is 20.7 Å². The standard InChI is InChI=1S/C9H8Cl2N2O3.C8H5Cl2N3O2/c1-16-9(15)7-5(10)4-6(11)13-8(7)12-2-3-14;1-15-8(14)6-4(9)2-5(10)13-7(6)11-3-12-13/h2,4,14H,3H2,1H3;2-3H,1H3. The Hall–Kier alpha value is -2.50. The average molecular weight is 509 g/mol. The number of aliphatic imine (C=N–C) groups is 1. The third-order valence-corrected chi connectivity index (χ3v) is 4.51. The van der Waals surface area contributed by atoms with Crippen LogP contribution in [-0.2, 0) is 9.47 Å². The minimum Gasteiger partial charge on any atom is -0.465 e. The number of carbonyl (C=O) groups is 2. The van der Waals surface area contributed by atoms with Crippen molar-refractivity contribution in [2.24, 2.45) is 4.99 Å². The normalized spacial score (nSPS) is 10.7. The third kappa shape index (κ3) is 5.81. The number of pyridine rings is 2. The second-order valence-electron chi connectivity index (χ2n) is 5.29. The zero-order valence-electron chi connectivity index (χ0n) is 15.8.